The molecule has 1 atom stereocenters. The fourth-order valence-corrected chi connectivity index (χ4v) is 5.54. The number of hydrogen-bond acceptors (Lipinski definition) is 5. The van der Waals surface area contributed by atoms with Gasteiger partial charge >= 0.3 is 5.97 Å². The number of fused-ring (bicyclic) bond motifs is 1. The Hall–Kier alpha value is -3.47. The van der Waals surface area contributed by atoms with Crippen LogP contribution in [0.1, 0.15) is 34.7 Å². The van der Waals surface area contributed by atoms with Crippen LogP contribution >= 0.6 is 0 Å². The molecule has 162 valence electrons. The Morgan fingerprint density at radius 2 is 1.69 bits per heavy atom. The molecule has 6 nitrogen and oxygen atoms in total. The standard InChI is InChI=1S/C25H22N2O4S/c26-17-19-10-12-20(13-11-19)18-31-25(28)16-24-23-9-5-4-6-21(23)14-15-27(24)32(29,30)22-7-2-1-3-8-22/h1-13,24H,14-16,18H2. The minimum absolute atomic E-state index is 0.0599. The first-order valence-corrected chi connectivity index (χ1v) is 11.7. The third-order valence-corrected chi connectivity index (χ3v) is 7.48. The van der Waals surface area contributed by atoms with E-state index in [0.717, 1.165) is 16.7 Å². The number of nitriles is 1. The van der Waals surface area contributed by atoms with Crippen LogP contribution in [0.4, 0.5) is 0 Å². The molecular formula is C25H22N2O4S. The number of ether oxygens (including phenoxy) is 1. The van der Waals surface area contributed by atoms with Crippen molar-refractivity contribution in [2.75, 3.05) is 6.54 Å². The third-order valence-electron chi connectivity index (χ3n) is 5.56. The first-order chi connectivity index (χ1) is 15.5. The van der Waals surface area contributed by atoms with Crippen LogP contribution in [0, 0.1) is 11.3 Å². The van der Waals surface area contributed by atoms with E-state index < -0.39 is 22.0 Å². The molecule has 0 amide bonds. The summed E-state index contributed by atoms with van der Waals surface area (Å²) in [6.07, 6.45) is 0.498. The van der Waals surface area contributed by atoms with E-state index in [1.54, 1.807) is 54.6 Å². The lowest BCUT2D eigenvalue weighted by atomic mass is 9.92. The Morgan fingerprint density at radius 3 is 2.41 bits per heavy atom. The average Bonchev–Trinajstić information content (AvgIpc) is 2.83. The van der Waals surface area contributed by atoms with Gasteiger partial charge in [0.15, 0.2) is 0 Å². The molecule has 0 aromatic heterocycles. The molecule has 4 rings (SSSR count). The van der Waals surface area contributed by atoms with E-state index in [-0.39, 0.29) is 17.9 Å². The second kappa shape index (κ2) is 9.35. The number of esters is 1. The number of carbonyl (C=O) groups is 1. The summed E-state index contributed by atoms with van der Waals surface area (Å²) in [7, 11) is -3.78. The van der Waals surface area contributed by atoms with E-state index in [0.29, 0.717) is 18.5 Å². The Bertz CT molecular complexity index is 1250. The fraction of sp³-hybridized carbons (Fsp3) is 0.200. The van der Waals surface area contributed by atoms with Gasteiger partial charge in [-0.25, -0.2) is 8.42 Å². The Labute approximate surface area is 187 Å². The molecule has 0 fully saturated rings. The predicted molar refractivity (Wildman–Crippen MR) is 119 cm³/mol. The predicted octanol–water partition coefficient (Wildman–Crippen LogP) is 3.98. The summed E-state index contributed by atoms with van der Waals surface area (Å²) in [6.45, 7) is 0.353. The molecule has 0 saturated carbocycles. The average molecular weight is 447 g/mol. The van der Waals surface area contributed by atoms with Gasteiger partial charge in [0.05, 0.1) is 29.0 Å². The number of rotatable bonds is 6. The molecule has 1 unspecified atom stereocenters. The molecule has 3 aromatic carbocycles. The van der Waals surface area contributed by atoms with Crippen LogP contribution in [0.5, 0.6) is 0 Å². The maximum atomic E-state index is 13.4. The zero-order valence-electron chi connectivity index (χ0n) is 17.3. The second-order valence-corrected chi connectivity index (χ2v) is 9.46. The molecule has 0 radical (unpaired) electrons. The van der Waals surface area contributed by atoms with Crippen LogP contribution in [0.3, 0.4) is 0 Å². The first-order valence-electron chi connectivity index (χ1n) is 10.3. The maximum Gasteiger partial charge on any atom is 0.308 e. The highest BCUT2D eigenvalue weighted by atomic mass is 32.2. The highest BCUT2D eigenvalue weighted by Crippen LogP contribution is 2.36. The number of sulfonamides is 1. The summed E-state index contributed by atoms with van der Waals surface area (Å²) >= 11 is 0. The lowest BCUT2D eigenvalue weighted by Crippen LogP contribution is -2.41. The summed E-state index contributed by atoms with van der Waals surface area (Å²) in [5.74, 6) is -0.482. The van der Waals surface area contributed by atoms with Gasteiger partial charge in [-0.1, -0.05) is 54.6 Å². The zero-order valence-corrected chi connectivity index (χ0v) is 18.2. The van der Waals surface area contributed by atoms with Crippen molar-refractivity contribution < 1.29 is 17.9 Å². The van der Waals surface area contributed by atoms with Gasteiger partial charge < -0.3 is 4.74 Å². The van der Waals surface area contributed by atoms with E-state index in [4.69, 9.17) is 10.00 Å². The van der Waals surface area contributed by atoms with E-state index in [1.807, 2.05) is 30.3 Å². The first kappa shape index (κ1) is 21.8. The highest BCUT2D eigenvalue weighted by molar-refractivity contribution is 7.89. The molecule has 0 aliphatic carbocycles. The number of carbonyl (C=O) groups excluding carboxylic acids is 1. The van der Waals surface area contributed by atoms with Crippen LogP contribution in [-0.2, 0) is 32.6 Å². The monoisotopic (exact) mass is 446 g/mol. The summed E-state index contributed by atoms with van der Waals surface area (Å²) in [5.41, 5.74) is 3.15. The SMILES string of the molecule is N#Cc1ccc(COC(=O)CC2c3ccccc3CCN2S(=O)(=O)c2ccccc2)cc1. The van der Waals surface area contributed by atoms with Gasteiger partial charge in [-0.3, -0.25) is 4.79 Å². The van der Waals surface area contributed by atoms with E-state index in [2.05, 4.69) is 0 Å². The van der Waals surface area contributed by atoms with Crippen molar-refractivity contribution in [1.82, 2.24) is 4.31 Å². The van der Waals surface area contributed by atoms with Crippen molar-refractivity contribution >= 4 is 16.0 Å². The van der Waals surface area contributed by atoms with Gasteiger partial charge in [0, 0.05) is 6.54 Å². The van der Waals surface area contributed by atoms with Crippen molar-refractivity contribution in [3.8, 4) is 6.07 Å². The quantitative estimate of drug-likeness (QED) is 0.535. The fourth-order valence-electron chi connectivity index (χ4n) is 3.91. The molecule has 1 aliphatic rings. The molecule has 0 spiro atoms. The second-order valence-electron chi connectivity index (χ2n) is 7.57. The van der Waals surface area contributed by atoms with Crippen LogP contribution in [0.2, 0.25) is 0 Å². The molecule has 7 heteroatoms. The van der Waals surface area contributed by atoms with Gasteiger partial charge in [0.1, 0.15) is 6.61 Å². The summed E-state index contributed by atoms with van der Waals surface area (Å²) in [5, 5.41) is 8.89. The van der Waals surface area contributed by atoms with Crippen molar-refractivity contribution in [1.29, 1.82) is 5.26 Å². The van der Waals surface area contributed by atoms with E-state index >= 15 is 0 Å². The number of benzene rings is 3. The van der Waals surface area contributed by atoms with Crippen LogP contribution < -0.4 is 0 Å². The molecule has 1 heterocycles. The van der Waals surface area contributed by atoms with Crippen molar-refractivity contribution in [2.45, 2.75) is 30.4 Å². The molecular weight excluding hydrogens is 424 g/mol. The van der Waals surface area contributed by atoms with Crippen LogP contribution in [0.15, 0.2) is 83.8 Å². The molecule has 32 heavy (non-hydrogen) atoms. The molecule has 1 aliphatic heterocycles. The van der Waals surface area contributed by atoms with E-state index in [1.165, 1.54) is 4.31 Å². The van der Waals surface area contributed by atoms with Crippen molar-refractivity contribution in [3.05, 3.63) is 101 Å². The minimum atomic E-state index is -3.78. The maximum absolute atomic E-state index is 13.4. The Balaban J connectivity index is 1.56. The summed E-state index contributed by atoms with van der Waals surface area (Å²) in [4.78, 5) is 12.9. The lowest BCUT2D eigenvalue weighted by Gasteiger charge is -2.36. The summed E-state index contributed by atoms with van der Waals surface area (Å²) < 4.78 is 33.6. The zero-order chi connectivity index (χ0) is 22.6. The smallest absolute Gasteiger partial charge is 0.308 e. The van der Waals surface area contributed by atoms with Gasteiger partial charge in [-0.2, -0.15) is 9.57 Å². The van der Waals surface area contributed by atoms with Gasteiger partial charge in [0.2, 0.25) is 10.0 Å². The highest BCUT2D eigenvalue weighted by Gasteiger charge is 2.37. The third kappa shape index (κ3) is 4.57. The van der Waals surface area contributed by atoms with Crippen LogP contribution in [-0.4, -0.2) is 25.2 Å². The van der Waals surface area contributed by atoms with Gasteiger partial charge in [-0.15, -0.1) is 0 Å². The Morgan fingerprint density at radius 1 is 1.00 bits per heavy atom. The van der Waals surface area contributed by atoms with Crippen LogP contribution in [0.25, 0.3) is 0 Å². The largest absolute Gasteiger partial charge is 0.461 e. The number of hydrogen-bond donors (Lipinski definition) is 0. The van der Waals surface area contributed by atoms with Gasteiger partial charge in [-0.05, 0) is 47.4 Å². The van der Waals surface area contributed by atoms with E-state index in [9.17, 15) is 13.2 Å². The molecule has 0 N–H and O–H groups in total. The molecule has 0 bridgehead atoms. The van der Waals surface area contributed by atoms with Gasteiger partial charge in [0.25, 0.3) is 0 Å². The Kier molecular flexibility index (Phi) is 6.35. The topological polar surface area (TPSA) is 87.5 Å². The normalized spacial score (nSPS) is 16.0. The lowest BCUT2D eigenvalue weighted by molar-refractivity contribution is -0.146. The molecule has 0 saturated heterocycles. The minimum Gasteiger partial charge on any atom is -0.461 e. The summed E-state index contributed by atoms with van der Waals surface area (Å²) in [6, 6.07) is 24.1. The molecule has 3 aromatic rings. The number of nitrogens with zero attached hydrogens (tertiary/aromatic N) is 2. The van der Waals surface area contributed by atoms with Crippen molar-refractivity contribution in [2.24, 2.45) is 0 Å². The van der Waals surface area contributed by atoms with Crippen molar-refractivity contribution in [3.63, 3.8) is 0 Å².